The van der Waals surface area contributed by atoms with Gasteiger partial charge >= 0.3 is 11.9 Å². The Morgan fingerprint density at radius 2 is 1.61 bits per heavy atom. The van der Waals surface area contributed by atoms with E-state index in [0.29, 0.717) is 24.7 Å². The fraction of sp³-hybridized carbons (Fsp3) is 0.793. The Kier molecular flexibility index (Phi) is 6.46. The Morgan fingerprint density at radius 3 is 2.22 bits per heavy atom. The summed E-state index contributed by atoms with van der Waals surface area (Å²) in [6.07, 6.45) is 6.57. The second-order valence-electron chi connectivity index (χ2n) is 12.3. The third-order valence-electron chi connectivity index (χ3n) is 10.7. The molecular weight excluding hydrogens is 460 g/mol. The molecule has 198 valence electrons. The average molecular weight is 501 g/mol. The lowest BCUT2D eigenvalue weighted by Crippen LogP contribution is -2.57. The van der Waals surface area contributed by atoms with Gasteiger partial charge in [0.05, 0.1) is 31.2 Å². The predicted molar refractivity (Wildman–Crippen MR) is 130 cm³/mol. The van der Waals surface area contributed by atoms with E-state index in [4.69, 9.17) is 9.47 Å². The van der Waals surface area contributed by atoms with Crippen LogP contribution in [0.25, 0.3) is 0 Å². The van der Waals surface area contributed by atoms with Crippen molar-refractivity contribution in [2.75, 3.05) is 13.2 Å². The largest absolute Gasteiger partial charge is 0.466 e. The normalized spacial score (nSPS) is 45.0. The van der Waals surface area contributed by atoms with E-state index >= 15 is 0 Å². The maximum absolute atomic E-state index is 14.0. The first-order valence-corrected chi connectivity index (χ1v) is 13.9. The molecule has 0 bridgehead atoms. The molecule has 5 rings (SSSR count). The van der Waals surface area contributed by atoms with E-state index in [1.54, 1.807) is 13.8 Å². The van der Waals surface area contributed by atoms with Gasteiger partial charge < -0.3 is 14.6 Å². The third kappa shape index (κ3) is 3.71. The Labute approximate surface area is 213 Å². The summed E-state index contributed by atoms with van der Waals surface area (Å²) in [6.45, 7) is 8.20. The van der Waals surface area contributed by atoms with Crippen molar-refractivity contribution in [1.82, 2.24) is 0 Å². The molecule has 0 radical (unpaired) electrons. The maximum Gasteiger partial charge on any atom is 0.310 e. The van der Waals surface area contributed by atoms with Crippen LogP contribution in [0.15, 0.2) is 11.6 Å². The van der Waals surface area contributed by atoms with E-state index in [-0.39, 0.29) is 47.4 Å². The molecule has 9 atom stereocenters. The highest BCUT2D eigenvalue weighted by molar-refractivity contribution is 6.01. The first-order valence-electron chi connectivity index (χ1n) is 13.9. The van der Waals surface area contributed by atoms with Crippen molar-refractivity contribution in [2.45, 2.75) is 78.7 Å². The minimum Gasteiger partial charge on any atom is -0.466 e. The average Bonchev–Trinajstić information content (AvgIpc) is 3.48. The highest BCUT2D eigenvalue weighted by atomic mass is 16.5. The zero-order valence-corrected chi connectivity index (χ0v) is 22.0. The van der Waals surface area contributed by atoms with E-state index in [2.05, 4.69) is 13.8 Å². The summed E-state index contributed by atoms with van der Waals surface area (Å²) in [5, 5.41) is 11.6. The lowest BCUT2D eigenvalue weighted by Gasteiger charge is -2.59. The number of ether oxygens (including phenoxy) is 2. The van der Waals surface area contributed by atoms with Gasteiger partial charge in [-0.25, -0.2) is 0 Å². The molecule has 0 amide bonds. The van der Waals surface area contributed by atoms with Gasteiger partial charge in [-0.1, -0.05) is 19.4 Å². The highest BCUT2D eigenvalue weighted by Gasteiger charge is 2.69. The fourth-order valence-electron chi connectivity index (χ4n) is 9.12. The number of aliphatic hydroxyl groups is 1. The van der Waals surface area contributed by atoms with Gasteiger partial charge in [-0.05, 0) is 87.0 Å². The molecule has 0 spiro atoms. The summed E-state index contributed by atoms with van der Waals surface area (Å²) in [5.74, 6) is -2.65. The lowest BCUT2D eigenvalue weighted by atomic mass is 9.46. The molecule has 0 aromatic heterocycles. The first-order chi connectivity index (χ1) is 17.1. The predicted octanol–water partition coefficient (Wildman–Crippen LogP) is 3.66. The molecule has 0 aromatic carbocycles. The summed E-state index contributed by atoms with van der Waals surface area (Å²) in [5.41, 5.74) is 0.654. The van der Waals surface area contributed by atoms with Crippen molar-refractivity contribution in [3.63, 3.8) is 0 Å². The molecule has 2 unspecified atom stereocenters. The third-order valence-corrected chi connectivity index (χ3v) is 10.7. The van der Waals surface area contributed by atoms with Crippen LogP contribution in [0.5, 0.6) is 0 Å². The first kappa shape index (κ1) is 25.6. The summed E-state index contributed by atoms with van der Waals surface area (Å²) in [4.78, 5) is 51.3. The quantitative estimate of drug-likeness (QED) is 0.555. The summed E-state index contributed by atoms with van der Waals surface area (Å²) in [7, 11) is 0. The van der Waals surface area contributed by atoms with E-state index in [1.165, 1.54) is 5.57 Å². The number of ketones is 2. The van der Waals surface area contributed by atoms with Gasteiger partial charge in [0.25, 0.3) is 0 Å². The van der Waals surface area contributed by atoms with Crippen LogP contribution in [-0.4, -0.2) is 47.9 Å². The molecule has 0 aromatic rings. The molecule has 5 aliphatic rings. The van der Waals surface area contributed by atoms with Crippen LogP contribution in [0, 0.1) is 52.3 Å². The van der Waals surface area contributed by atoms with E-state index in [9.17, 15) is 24.3 Å². The number of Topliss-reactive ketones (excluding diaryl/α,β-unsaturated/α-hetero) is 1. The Morgan fingerprint density at radius 1 is 0.972 bits per heavy atom. The van der Waals surface area contributed by atoms with Crippen LogP contribution in [0.2, 0.25) is 0 Å². The van der Waals surface area contributed by atoms with Gasteiger partial charge in [-0.3, -0.25) is 19.2 Å². The van der Waals surface area contributed by atoms with Crippen LogP contribution in [0.1, 0.15) is 72.6 Å². The number of esters is 2. The van der Waals surface area contributed by atoms with Crippen LogP contribution < -0.4 is 0 Å². The number of hydrogen-bond acceptors (Lipinski definition) is 7. The van der Waals surface area contributed by atoms with Crippen molar-refractivity contribution in [1.29, 1.82) is 0 Å². The molecule has 4 fully saturated rings. The molecule has 5 aliphatic carbocycles. The van der Waals surface area contributed by atoms with Crippen LogP contribution in [0.4, 0.5) is 0 Å². The SMILES string of the molecule is CCOC(=O)C1C(C(=O)OCC)C1C(=O)[C@H]1CC[C@H]2[C@@H]3CCC4=CC(=O)CC[C@]4(C)[C@H]3[C@@H](O)C[C@]12C. The van der Waals surface area contributed by atoms with Gasteiger partial charge in [-0.15, -0.1) is 0 Å². The zero-order chi connectivity index (χ0) is 26.0. The fourth-order valence-corrected chi connectivity index (χ4v) is 9.12. The number of fused-ring (bicyclic) bond motifs is 5. The Balaban J connectivity index is 1.40. The summed E-state index contributed by atoms with van der Waals surface area (Å²) < 4.78 is 10.4. The molecule has 0 saturated heterocycles. The standard InChI is InChI=1S/C29H40O7/c1-5-35-26(33)22-21(23(22)27(34)36-6-2)25(32)19-10-9-18-17-8-7-15-13-16(30)11-12-28(15,3)24(17)20(31)14-29(18,19)4/h13,17-24,31H,5-12,14H2,1-4H3/t17-,18-,19+,20-,21?,22?,23?,24+,28-,29-/m0/s1. The number of aliphatic hydroxyl groups excluding tert-OH is 1. The van der Waals surface area contributed by atoms with Gasteiger partial charge in [0, 0.05) is 18.3 Å². The number of carbonyl (C=O) groups is 4. The molecule has 36 heavy (non-hydrogen) atoms. The number of hydrogen-bond donors (Lipinski definition) is 1. The van der Waals surface area contributed by atoms with Crippen molar-refractivity contribution in [3.8, 4) is 0 Å². The van der Waals surface area contributed by atoms with Crippen molar-refractivity contribution in [3.05, 3.63) is 11.6 Å². The minimum atomic E-state index is -0.763. The highest BCUT2D eigenvalue weighted by Crippen LogP contribution is 2.67. The van der Waals surface area contributed by atoms with Crippen LogP contribution in [-0.2, 0) is 28.7 Å². The van der Waals surface area contributed by atoms with Crippen LogP contribution in [0.3, 0.4) is 0 Å². The molecule has 4 saturated carbocycles. The molecule has 0 aliphatic heterocycles. The molecular formula is C29H40O7. The molecule has 1 N–H and O–H groups in total. The molecule has 0 heterocycles. The minimum absolute atomic E-state index is 0.0346. The second-order valence-corrected chi connectivity index (χ2v) is 12.3. The lowest BCUT2D eigenvalue weighted by molar-refractivity contribution is -0.150. The summed E-state index contributed by atoms with van der Waals surface area (Å²) in [6, 6.07) is 0. The van der Waals surface area contributed by atoms with Crippen LogP contribution >= 0.6 is 0 Å². The van der Waals surface area contributed by atoms with Gasteiger partial charge in [0.1, 0.15) is 5.78 Å². The molecule has 7 heteroatoms. The number of carbonyl (C=O) groups excluding carboxylic acids is 4. The zero-order valence-electron chi connectivity index (χ0n) is 22.0. The van der Waals surface area contributed by atoms with Gasteiger partial charge in [-0.2, -0.15) is 0 Å². The number of rotatable bonds is 6. The monoisotopic (exact) mass is 500 g/mol. The van der Waals surface area contributed by atoms with E-state index in [1.807, 2.05) is 6.08 Å². The van der Waals surface area contributed by atoms with Gasteiger partial charge in [0.2, 0.25) is 0 Å². The van der Waals surface area contributed by atoms with Crippen molar-refractivity contribution in [2.24, 2.45) is 52.3 Å². The maximum atomic E-state index is 14.0. The van der Waals surface area contributed by atoms with E-state index in [0.717, 1.165) is 32.1 Å². The van der Waals surface area contributed by atoms with Crippen molar-refractivity contribution >= 4 is 23.5 Å². The van der Waals surface area contributed by atoms with Gasteiger partial charge in [0.15, 0.2) is 5.78 Å². The number of allylic oxidation sites excluding steroid dienone is 1. The summed E-state index contributed by atoms with van der Waals surface area (Å²) >= 11 is 0. The smallest absolute Gasteiger partial charge is 0.310 e. The van der Waals surface area contributed by atoms with Crippen molar-refractivity contribution < 1.29 is 33.8 Å². The molecule has 7 nitrogen and oxygen atoms in total. The Bertz CT molecular complexity index is 976. The van der Waals surface area contributed by atoms with E-state index < -0.39 is 35.8 Å². The topological polar surface area (TPSA) is 107 Å². The second kappa shape index (κ2) is 9.07. The Hall–Kier alpha value is -2.02.